The summed E-state index contributed by atoms with van der Waals surface area (Å²) in [5.74, 6) is 1.92. The molecular weight excluding hydrogens is 335 g/mol. The Morgan fingerprint density at radius 3 is 3.04 bits per heavy atom. The highest BCUT2D eigenvalue weighted by molar-refractivity contribution is 6.52. The second-order valence-electron chi connectivity index (χ2n) is 7.54. The van der Waals surface area contributed by atoms with E-state index in [9.17, 15) is 0 Å². The van der Waals surface area contributed by atoms with Gasteiger partial charge in [0, 0.05) is 17.9 Å². The van der Waals surface area contributed by atoms with Crippen molar-refractivity contribution < 1.29 is 4.74 Å². The lowest BCUT2D eigenvalue weighted by atomic mass is 9.91. The van der Waals surface area contributed by atoms with Gasteiger partial charge in [0.05, 0.1) is 23.0 Å². The molecule has 0 bridgehead atoms. The largest absolute Gasteiger partial charge is 0.380 e. The number of hydrogen-bond donors (Lipinski definition) is 2. The summed E-state index contributed by atoms with van der Waals surface area (Å²) in [5, 5.41) is 10.0. The van der Waals surface area contributed by atoms with E-state index in [4.69, 9.17) is 9.72 Å². The van der Waals surface area contributed by atoms with Gasteiger partial charge in [0.2, 0.25) is 0 Å². The molecule has 2 N–H and O–H groups in total. The molecule has 27 heavy (non-hydrogen) atoms. The summed E-state index contributed by atoms with van der Waals surface area (Å²) >= 11 is 0. The molecule has 1 fully saturated rings. The molecule has 0 saturated carbocycles. The number of aromatic nitrogens is 4. The summed E-state index contributed by atoms with van der Waals surface area (Å²) in [7, 11) is 4.07. The molecule has 1 radical (unpaired) electrons. The van der Waals surface area contributed by atoms with E-state index in [1.807, 2.05) is 12.1 Å². The minimum absolute atomic E-state index is 0.535. The minimum atomic E-state index is 0.535. The monoisotopic (exact) mass is 357 g/mol. The van der Waals surface area contributed by atoms with Crippen LogP contribution in [0.2, 0.25) is 12.1 Å². The SMILES string of the molecule is COCc1cccc2[nH]c(-c3n[nH]c4c3=CC(C3[B]C3)=CC(C)CC=4)nc12. The van der Waals surface area contributed by atoms with Gasteiger partial charge >= 0.3 is 0 Å². The number of para-hydroxylation sites is 1. The van der Waals surface area contributed by atoms with Crippen LogP contribution in [-0.4, -0.2) is 34.6 Å². The second kappa shape index (κ2) is 6.53. The van der Waals surface area contributed by atoms with Crippen molar-refractivity contribution >= 4 is 30.5 Å². The highest BCUT2D eigenvalue weighted by atomic mass is 16.5. The van der Waals surface area contributed by atoms with E-state index in [1.54, 1.807) is 7.11 Å². The molecule has 135 valence electrons. The van der Waals surface area contributed by atoms with Crippen LogP contribution in [0.5, 0.6) is 0 Å². The average Bonchev–Trinajstić information content (AvgIpc) is 3.28. The highest BCUT2D eigenvalue weighted by Crippen LogP contribution is 2.37. The number of nitrogens with one attached hydrogen (secondary N) is 2. The van der Waals surface area contributed by atoms with E-state index in [-0.39, 0.29) is 0 Å². The Kier molecular flexibility index (Phi) is 4.01. The van der Waals surface area contributed by atoms with E-state index >= 15 is 0 Å². The topological polar surface area (TPSA) is 66.6 Å². The smallest absolute Gasteiger partial charge is 0.159 e. The van der Waals surface area contributed by atoms with Crippen molar-refractivity contribution in [2.75, 3.05) is 7.11 Å². The number of methoxy groups -OCH3 is 1. The molecular formula is C21H22BN4O. The summed E-state index contributed by atoms with van der Waals surface area (Å²) in [6.45, 7) is 2.81. The summed E-state index contributed by atoms with van der Waals surface area (Å²) < 4.78 is 5.32. The zero-order valence-electron chi connectivity index (χ0n) is 15.6. The van der Waals surface area contributed by atoms with E-state index in [0.29, 0.717) is 18.3 Å². The molecule has 2 atom stereocenters. The van der Waals surface area contributed by atoms with Crippen molar-refractivity contribution in [1.29, 1.82) is 0 Å². The van der Waals surface area contributed by atoms with Crippen molar-refractivity contribution in [1.82, 2.24) is 20.2 Å². The number of imidazole rings is 1. The molecule has 3 aromatic rings. The lowest BCUT2D eigenvalue weighted by Gasteiger charge is -2.08. The van der Waals surface area contributed by atoms with E-state index in [0.717, 1.165) is 45.1 Å². The Labute approximate surface area is 158 Å². The van der Waals surface area contributed by atoms with Crippen LogP contribution in [0.25, 0.3) is 34.7 Å². The molecule has 1 aliphatic heterocycles. The third-order valence-electron chi connectivity index (χ3n) is 5.34. The van der Waals surface area contributed by atoms with E-state index < -0.39 is 0 Å². The van der Waals surface area contributed by atoms with Crippen LogP contribution < -0.4 is 10.6 Å². The van der Waals surface area contributed by atoms with E-state index in [1.165, 1.54) is 11.9 Å². The highest BCUT2D eigenvalue weighted by Gasteiger charge is 2.27. The number of ether oxygens (including phenoxy) is 1. The van der Waals surface area contributed by atoms with Crippen molar-refractivity contribution in [3.63, 3.8) is 0 Å². The molecule has 1 aromatic carbocycles. The first-order valence-corrected chi connectivity index (χ1v) is 9.51. The average molecular weight is 357 g/mol. The first-order valence-electron chi connectivity index (χ1n) is 9.51. The molecule has 0 spiro atoms. The van der Waals surface area contributed by atoms with Gasteiger partial charge in [-0.3, -0.25) is 5.10 Å². The number of benzene rings is 1. The third-order valence-corrected chi connectivity index (χ3v) is 5.34. The number of rotatable bonds is 4. The Morgan fingerprint density at radius 2 is 2.22 bits per heavy atom. The minimum Gasteiger partial charge on any atom is -0.380 e. The lowest BCUT2D eigenvalue weighted by Crippen LogP contribution is -2.25. The van der Waals surface area contributed by atoms with Gasteiger partial charge in [-0.05, 0) is 24.5 Å². The normalized spacial score (nSPS) is 21.3. The Hall–Kier alpha value is -2.60. The maximum atomic E-state index is 5.32. The molecule has 5 rings (SSSR count). The Bertz CT molecular complexity index is 1150. The fraction of sp³-hybridized carbons (Fsp3) is 0.333. The first kappa shape index (κ1) is 16.6. The van der Waals surface area contributed by atoms with Crippen LogP contribution in [0.3, 0.4) is 0 Å². The van der Waals surface area contributed by atoms with Crippen LogP contribution in [0, 0.1) is 5.92 Å². The maximum Gasteiger partial charge on any atom is 0.159 e. The van der Waals surface area contributed by atoms with Gasteiger partial charge in [-0.1, -0.05) is 48.9 Å². The standard InChI is InChI=1S/C21H22BN4O/c1-12-6-7-17-15(9-14(8-12)16-10-22-16)20(26-25-17)21-23-18-5-3-4-13(11-27-2)19(18)24-21/h3-5,7-9,12,16,25H,6,10-11H2,1-2H3,(H,23,24). The summed E-state index contributed by atoms with van der Waals surface area (Å²) in [4.78, 5) is 8.30. The van der Waals surface area contributed by atoms with Crippen LogP contribution in [-0.2, 0) is 11.3 Å². The third kappa shape index (κ3) is 3.04. The summed E-state index contributed by atoms with van der Waals surface area (Å²) in [6, 6.07) is 6.12. The van der Waals surface area contributed by atoms with Crippen LogP contribution >= 0.6 is 0 Å². The number of allylic oxidation sites excluding steroid dienone is 2. The number of aromatic amines is 2. The van der Waals surface area contributed by atoms with Gasteiger partial charge < -0.3 is 9.72 Å². The molecule has 1 aliphatic carbocycles. The quantitative estimate of drug-likeness (QED) is 0.706. The molecule has 2 aliphatic rings. The number of nitrogens with zero attached hydrogens (tertiary/aromatic N) is 2. The number of fused-ring (bicyclic) bond motifs is 2. The zero-order valence-corrected chi connectivity index (χ0v) is 15.6. The van der Waals surface area contributed by atoms with Gasteiger partial charge in [-0.25, -0.2) is 4.98 Å². The second-order valence-corrected chi connectivity index (χ2v) is 7.54. The first-order chi connectivity index (χ1) is 13.2. The van der Waals surface area contributed by atoms with Crippen LogP contribution in [0.15, 0.2) is 29.8 Å². The fourth-order valence-corrected chi connectivity index (χ4v) is 3.81. The molecule has 5 nitrogen and oxygen atoms in total. The van der Waals surface area contributed by atoms with Crippen LogP contribution in [0.4, 0.5) is 0 Å². The van der Waals surface area contributed by atoms with Gasteiger partial charge in [0.15, 0.2) is 5.82 Å². The summed E-state index contributed by atoms with van der Waals surface area (Å²) in [6.07, 6.45) is 9.12. The van der Waals surface area contributed by atoms with Gasteiger partial charge in [-0.2, -0.15) is 5.10 Å². The predicted octanol–water partition coefficient (Wildman–Crippen LogP) is 2.55. The van der Waals surface area contributed by atoms with Crippen molar-refractivity contribution in [3.05, 3.63) is 46.0 Å². The molecule has 6 heteroatoms. The fourth-order valence-electron chi connectivity index (χ4n) is 3.81. The Morgan fingerprint density at radius 1 is 1.33 bits per heavy atom. The summed E-state index contributed by atoms with van der Waals surface area (Å²) in [5.41, 5.74) is 5.30. The van der Waals surface area contributed by atoms with Crippen LogP contribution in [0.1, 0.15) is 18.9 Å². The lowest BCUT2D eigenvalue weighted by molar-refractivity contribution is 0.186. The number of hydrogen-bond acceptors (Lipinski definition) is 3. The molecule has 3 heterocycles. The van der Waals surface area contributed by atoms with Crippen molar-refractivity contribution in [2.45, 2.75) is 32.1 Å². The Balaban J connectivity index is 1.69. The van der Waals surface area contributed by atoms with Crippen molar-refractivity contribution in [3.8, 4) is 11.5 Å². The zero-order chi connectivity index (χ0) is 18.4. The molecule has 0 amide bonds. The van der Waals surface area contributed by atoms with Gasteiger partial charge in [-0.15, -0.1) is 0 Å². The number of H-pyrrole nitrogens is 2. The molecule has 2 unspecified atom stereocenters. The maximum absolute atomic E-state index is 5.32. The van der Waals surface area contributed by atoms with Gasteiger partial charge in [0.25, 0.3) is 0 Å². The molecule has 1 saturated heterocycles. The van der Waals surface area contributed by atoms with Gasteiger partial charge in [0.1, 0.15) is 13.0 Å². The molecule has 2 aromatic heterocycles. The van der Waals surface area contributed by atoms with E-state index in [2.05, 4.69) is 53.7 Å². The van der Waals surface area contributed by atoms with Crippen molar-refractivity contribution in [2.24, 2.45) is 5.92 Å². The predicted molar refractivity (Wildman–Crippen MR) is 109 cm³/mol.